The van der Waals surface area contributed by atoms with Crippen LogP contribution in [0.15, 0.2) is 53.4 Å². The molecule has 2 aromatic rings. The van der Waals surface area contributed by atoms with E-state index in [9.17, 15) is 17.6 Å². The summed E-state index contributed by atoms with van der Waals surface area (Å²) in [6.45, 7) is -0.388. The maximum absolute atomic E-state index is 12.8. The quantitative estimate of drug-likeness (QED) is 0.859. The summed E-state index contributed by atoms with van der Waals surface area (Å²) in [5.41, 5.74) is 0.348. The van der Waals surface area contributed by atoms with Crippen LogP contribution in [0.1, 0.15) is 10.4 Å². The standard InChI is InChI=1S/C14H11ClFNO3S/c15-11-3-1-10(2-4-11)14(18)9-17-21(19,20)13-7-5-12(16)6-8-13/h1-8,17H,9H2. The van der Waals surface area contributed by atoms with E-state index < -0.39 is 21.6 Å². The van der Waals surface area contributed by atoms with Crippen molar-refractivity contribution in [2.75, 3.05) is 6.54 Å². The first-order chi connectivity index (χ1) is 9.88. The average Bonchev–Trinajstić information content (AvgIpc) is 2.46. The number of sulfonamides is 1. The first-order valence-corrected chi connectivity index (χ1v) is 7.78. The molecule has 7 heteroatoms. The highest BCUT2D eigenvalue weighted by atomic mass is 35.5. The van der Waals surface area contributed by atoms with E-state index in [0.717, 1.165) is 24.3 Å². The van der Waals surface area contributed by atoms with Crippen molar-refractivity contribution in [1.82, 2.24) is 4.72 Å². The minimum Gasteiger partial charge on any atom is -0.293 e. The SMILES string of the molecule is O=C(CNS(=O)(=O)c1ccc(F)cc1)c1ccc(Cl)cc1. The van der Waals surface area contributed by atoms with Crippen LogP contribution in [-0.4, -0.2) is 20.7 Å². The fraction of sp³-hybridized carbons (Fsp3) is 0.0714. The summed E-state index contributed by atoms with van der Waals surface area (Å²) >= 11 is 5.71. The molecule has 0 saturated heterocycles. The Kier molecular flexibility index (Phi) is 4.72. The summed E-state index contributed by atoms with van der Waals surface area (Å²) < 4.78 is 38.8. The lowest BCUT2D eigenvalue weighted by Gasteiger charge is -2.06. The second-order valence-corrected chi connectivity index (χ2v) is 6.41. The molecule has 0 amide bonds. The highest BCUT2D eigenvalue weighted by molar-refractivity contribution is 7.89. The first kappa shape index (κ1) is 15.6. The molecule has 0 fully saturated rings. The van der Waals surface area contributed by atoms with E-state index in [1.807, 2.05) is 0 Å². The molecular formula is C14H11ClFNO3S. The predicted octanol–water partition coefficient (Wildman–Crippen LogP) is 2.64. The van der Waals surface area contributed by atoms with Gasteiger partial charge in [-0.3, -0.25) is 4.79 Å². The van der Waals surface area contributed by atoms with E-state index in [0.29, 0.717) is 10.6 Å². The van der Waals surface area contributed by atoms with Gasteiger partial charge in [-0.05, 0) is 48.5 Å². The molecule has 0 unspecified atom stereocenters. The third kappa shape index (κ3) is 4.10. The molecule has 2 rings (SSSR count). The largest absolute Gasteiger partial charge is 0.293 e. The lowest BCUT2D eigenvalue weighted by molar-refractivity contribution is 0.0997. The Hall–Kier alpha value is -1.76. The molecule has 110 valence electrons. The zero-order valence-electron chi connectivity index (χ0n) is 10.7. The Labute approximate surface area is 126 Å². The van der Waals surface area contributed by atoms with E-state index in [1.165, 1.54) is 12.1 Å². The minimum absolute atomic E-state index is 0.104. The lowest BCUT2D eigenvalue weighted by Crippen LogP contribution is -2.29. The molecule has 0 radical (unpaired) electrons. The Balaban J connectivity index is 2.06. The minimum atomic E-state index is -3.85. The van der Waals surface area contributed by atoms with Crippen LogP contribution in [-0.2, 0) is 10.0 Å². The van der Waals surface area contributed by atoms with Gasteiger partial charge in [0.05, 0.1) is 11.4 Å². The van der Waals surface area contributed by atoms with Gasteiger partial charge in [-0.15, -0.1) is 0 Å². The Morgan fingerprint density at radius 3 is 2.19 bits per heavy atom. The van der Waals surface area contributed by atoms with Crippen LogP contribution in [0.4, 0.5) is 4.39 Å². The van der Waals surface area contributed by atoms with Gasteiger partial charge in [-0.1, -0.05) is 11.6 Å². The van der Waals surface area contributed by atoms with Crippen molar-refractivity contribution in [3.8, 4) is 0 Å². The monoisotopic (exact) mass is 327 g/mol. The topological polar surface area (TPSA) is 63.2 Å². The van der Waals surface area contributed by atoms with Gasteiger partial charge in [-0.25, -0.2) is 17.5 Å². The van der Waals surface area contributed by atoms with Gasteiger partial charge >= 0.3 is 0 Å². The summed E-state index contributed by atoms with van der Waals surface area (Å²) in [5.74, 6) is -0.927. The van der Waals surface area contributed by atoms with Gasteiger partial charge < -0.3 is 0 Å². The maximum Gasteiger partial charge on any atom is 0.240 e. The fourth-order valence-corrected chi connectivity index (χ4v) is 2.70. The van der Waals surface area contributed by atoms with Gasteiger partial charge in [0.1, 0.15) is 5.82 Å². The lowest BCUT2D eigenvalue weighted by atomic mass is 10.1. The molecule has 0 aliphatic carbocycles. The van der Waals surface area contributed by atoms with Crippen LogP contribution >= 0.6 is 11.6 Å². The molecule has 0 aromatic heterocycles. The van der Waals surface area contributed by atoms with Crippen molar-refractivity contribution in [2.24, 2.45) is 0 Å². The molecule has 2 aromatic carbocycles. The molecule has 1 N–H and O–H groups in total. The fourth-order valence-electron chi connectivity index (χ4n) is 1.60. The Morgan fingerprint density at radius 1 is 1.05 bits per heavy atom. The normalized spacial score (nSPS) is 11.3. The summed E-state index contributed by atoms with van der Waals surface area (Å²) in [6, 6.07) is 10.4. The summed E-state index contributed by atoms with van der Waals surface area (Å²) in [7, 11) is -3.85. The molecule has 4 nitrogen and oxygen atoms in total. The zero-order valence-corrected chi connectivity index (χ0v) is 12.3. The van der Waals surface area contributed by atoms with E-state index in [1.54, 1.807) is 12.1 Å². The summed E-state index contributed by atoms with van der Waals surface area (Å²) in [4.78, 5) is 11.8. The predicted molar refractivity (Wildman–Crippen MR) is 77.4 cm³/mol. The van der Waals surface area contributed by atoms with Crippen LogP contribution in [0.25, 0.3) is 0 Å². The average molecular weight is 328 g/mol. The van der Waals surface area contributed by atoms with E-state index in [2.05, 4.69) is 4.72 Å². The number of carbonyl (C=O) groups is 1. The zero-order chi connectivity index (χ0) is 15.5. The third-order valence-electron chi connectivity index (χ3n) is 2.71. The number of ketones is 1. The van der Waals surface area contributed by atoms with Crippen molar-refractivity contribution in [3.63, 3.8) is 0 Å². The van der Waals surface area contributed by atoms with Gasteiger partial charge in [0.2, 0.25) is 10.0 Å². The third-order valence-corrected chi connectivity index (χ3v) is 4.38. The van der Waals surface area contributed by atoms with Crippen molar-refractivity contribution < 1.29 is 17.6 Å². The summed E-state index contributed by atoms with van der Waals surface area (Å²) in [5, 5.41) is 0.485. The van der Waals surface area contributed by atoms with E-state index in [-0.39, 0.29) is 11.4 Å². The smallest absolute Gasteiger partial charge is 0.240 e. The van der Waals surface area contributed by atoms with Gasteiger partial charge in [0.15, 0.2) is 5.78 Å². The molecule has 21 heavy (non-hydrogen) atoms. The number of benzene rings is 2. The second-order valence-electron chi connectivity index (χ2n) is 4.21. The Bertz CT molecular complexity index is 743. The van der Waals surface area contributed by atoms with Crippen LogP contribution in [0.5, 0.6) is 0 Å². The number of nitrogens with one attached hydrogen (secondary N) is 1. The van der Waals surface area contributed by atoms with Crippen molar-refractivity contribution in [3.05, 3.63) is 64.9 Å². The van der Waals surface area contributed by atoms with Gasteiger partial charge in [-0.2, -0.15) is 0 Å². The van der Waals surface area contributed by atoms with Gasteiger partial charge in [0.25, 0.3) is 0 Å². The van der Waals surface area contributed by atoms with Crippen molar-refractivity contribution in [2.45, 2.75) is 4.90 Å². The molecule has 0 bridgehead atoms. The number of hydrogen-bond donors (Lipinski definition) is 1. The molecule has 0 atom stereocenters. The Morgan fingerprint density at radius 2 is 1.62 bits per heavy atom. The number of carbonyl (C=O) groups excluding carboxylic acids is 1. The number of Topliss-reactive ketones (excluding diaryl/α,β-unsaturated/α-hetero) is 1. The van der Waals surface area contributed by atoms with Crippen molar-refractivity contribution in [1.29, 1.82) is 0 Å². The van der Waals surface area contributed by atoms with Gasteiger partial charge in [0, 0.05) is 10.6 Å². The number of halogens is 2. The number of hydrogen-bond acceptors (Lipinski definition) is 3. The van der Waals surface area contributed by atoms with Crippen molar-refractivity contribution >= 4 is 27.4 Å². The molecule has 0 spiro atoms. The first-order valence-electron chi connectivity index (χ1n) is 5.92. The molecule has 0 aliphatic heterocycles. The van der Waals surface area contributed by atoms with E-state index >= 15 is 0 Å². The van der Waals surface area contributed by atoms with Crippen LogP contribution in [0.3, 0.4) is 0 Å². The highest BCUT2D eigenvalue weighted by Crippen LogP contribution is 2.11. The molecule has 0 saturated carbocycles. The molecule has 0 aliphatic rings. The van der Waals surface area contributed by atoms with Crippen LogP contribution in [0.2, 0.25) is 5.02 Å². The van der Waals surface area contributed by atoms with E-state index in [4.69, 9.17) is 11.6 Å². The maximum atomic E-state index is 12.8. The molecular weight excluding hydrogens is 317 g/mol. The number of rotatable bonds is 5. The van der Waals surface area contributed by atoms with Crippen LogP contribution < -0.4 is 4.72 Å². The summed E-state index contributed by atoms with van der Waals surface area (Å²) in [6.07, 6.45) is 0. The van der Waals surface area contributed by atoms with Crippen LogP contribution in [0, 0.1) is 5.82 Å². The highest BCUT2D eigenvalue weighted by Gasteiger charge is 2.16. The second kappa shape index (κ2) is 6.34. The molecule has 0 heterocycles.